The molecule has 2 atom stereocenters. The molecule has 0 spiro atoms. The van der Waals surface area contributed by atoms with Gasteiger partial charge in [0.1, 0.15) is 5.82 Å². The van der Waals surface area contributed by atoms with Crippen LogP contribution in [0.2, 0.25) is 0 Å². The average molecular weight is 274 g/mol. The normalized spacial score (nSPS) is 29.8. The van der Waals surface area contributed by atoms with Gasteiger partial charge < -0.3 is 5.32 Å². The van der Waals surface area contributed by atoms with E-state index in [2.05, 4.69) is 31.9 Å². The highest BCUT2D eigenvalue weighted by Crippen LogP contribution is 2.32. The summed E-state index contributed by atoms with van der Waals surface area (Å²) in [6.45, 7) is 0. The smallest absolute Gasteiger partial charge is 0.191 e. The number of fused-ring (bicyclic) bond motifs is 2. The Kier molecular flexibility index (Phi) is 2.89. The number of thiophene rings is 1. The van der Waals surface area contributed by atoms with E-state index in [9.17, 15) is 0 Å². The predicted molar refractivity (Wildman–Crippen MR) is 76.1 cm³/mol. The molecule has 0 amide bonds. The molecule has 2 aromatic rings. The third kappa shape index (κ3) is 2.32. The Morgan fingerprint density at radius 1 is 1.26 bits per heavy atom. The van der Waals surface area contributed by atoms with E-state index in [-0.39, 0.29) is 0 Å². The van der Waals surface area contributed by atoms with Gasteiger partial charge in [-0.3, -0.25) is 5.10 Å². The topological polar surface area (TPSA) is 53.6 Å². The van der Waals surface area contributed by atoms with Gasteiger partial charge in [0.25, 0.3) is 0 Å². The lowest BCUT2D eigenvalue weighted by molar-refractivity contribution is 0.295. The molecule has 4 heterocycles. The third-order valence-corrected chi connectivity index (χ3v) is 5.19. The number of rotatable bonds is 3. The first-order valence-electron chi connectivity index (χ1n) is 7.08. The zero-order chi connectivity index (χ0) is 12.7. The van der Waals surface area contributed by atoms with Crippen LogP contribution in [0.5, 0.6) is 0 Å². The summed E-state index contributed by atoms with van der Waals surface area (Å²) in [4.78, 5) is 5.79. The summed E-state index contributed by atoms with van der Waals surface area (Å²) in [7, 11) is 0. The molecule has 0 saturated carbocycles. The monoisotopic (exact) mass is 274 g/mol. The maximum atomic E-state index is 4.64. The van der Waals surface area contributed by atoms with E-state index in [1.165, 1.54) is 25.7 Å². The zero-order valence-electron chi connectivity index (χ0n) is 10.8. The van der Waals surface area contributed by atoms with Gasteiger partial charge in [-0.2, -0.15) is 5.10 Å². The number of aromatic nitrogens is 3. The van der Waals surface area contributed by atoms with Crippen LogP contribution in [0.1, 0.15) is 31.5 Å². The minimum Gasteiger partial charge on any atom is -0.311 e. The van der Waals surface area contributed by atoms with Crippen molar-refractivity contribution in [3.8, 4) is 10.7 Å². The van der Waals surface area contributed by atoms with Crippen molar-refractivity contribution in [1.29, 1.82) is 0 Å². The Balaban J connectivity index is 1.46. The van der Waals surface area contributed by atoms with Crippen molar-refractivity contribution in [3.05, 3.63) is 23.3 Å². The summed E-state index contributed by atoms with van der Waals surface area (Å²) in [5.41, 5.74) is 0. The number of piperidine rings is 1. The van der Waals surface area contributed by atoms with E-state index in [1.54, 1.807) is 11.3 Å². The largest absolute Gasteiger partial charge is 0.311 e. The summed E-state index contributed by atoms with van der Waals surface area (Å²) in [6.07, 6.45) is 6.36. The summed E-state index contributed by atoms with van der Waals surface area (Å²) in [6, 6.07) is 5.62. The molecule has 4 nitrogen and oxygen atoms in total. The molecule has 2 aromatic heterocycles. The highest BCUT2D eigenvalue weighted by Gasteiger charge is 2.33. The quantitative estimate of drug-likeness (QED) is 0.904. The Labute approximate surface area is 116 Å². The van der Waals surface area contributed by atoms with Crippen LogP contribution in [0.4, 0.5) is 0 Å². The van der Waals surface area contributed by atoms with Gasteiger partial charge in [-0.25, -0.2) is 4.98 Å². The molecule has 2 N–H and O–H groups in total. The fourth-order valence-corrected chi connectivity index (χ4v) is 4.18. The van der Waals surface area contributed by atoms with E-state index in [1.807, 2.05) is 6.07 Å². The summed E-state index contributed by atoms with van der Waals surface area (Å²) >= 11 is 1.69. The van der Waals surface area contributed by atoms with Gasteiger partial charge in [-0.1, -0.05) is 6.07 Å². The number of H-pyrrole nitrogens is 1. The van der Waals surface area contributed by atoms with Crippen LogP contribution in [-0.2, 0) is 6.42 Å². The van der Waals surface area contributed by atoms with Crippen LogP contribution in [-0.4, -0.2) is 27.3 Å². The van der Waals surface area contributed by atoms with Gasteiger partial charge >= 0.3 is 0 Å². The number of hydrogen-bond acceptors (Lipinski definition) is 4. The fourth-order valence-electron chi connectivity index (χ4n) is 3.52. The average Bonchev–Trinajstić information content (AvgIpc) is 3.10. The molecule has 2 unspecified atom stereocenters. The number of nitrogens with zero attached hydrogens (tertiary/aromatic N) is 2. The molecule has 2 bridgehead atoms. The molecule has 2 fully saturated rings. The molecule has 2 aliphatic rings. The summed E-state index contributed by atoms with van der Waals surface area (Å²) in [5.74, 6) is 2.67. The van der Waals surface area contributed by atoms with Crippen molar-refractivity contribution in [2.75, 3.05) is 0 Å². The van der Waals surface area contributed by atoms with Crippen molar-refractivity contribution < 1.29 is 0 Å². The SMILES string of the molecule is c1csc(-c2n[nH]c(CC3CC4CCC(C3)N4)n2)c1. The molecule has 100 valence electrons. The first-order valence-corrected chi connectivity index (χ1v) is 7.96. The highest BCUT2D eigenvalue weighted by molar-refractivity contribution is 7.13. The van der Waals surface area contributed by atoms with E-state index >= 15 is 0 Å². The molecule has 19 heavy (non-hydrogen) atoms. The van der Waals surface area contributed by atoms with Gasteiger partial charge in [0.2, 0.25) is 0 Å². The predicted octanol–water partition coefficient (Wildman–Crippen LogP) is 2.61. The van der Waals surface area contributed by atoms with E-state index < -0.39 is 0 Å². The Morgan fingerprint density at radius 3 is 2.84 bits per heavy atom. The lowest BCUT2D eigenvalue weighted by atomic mass is 9.89. The van der Waals surface area contributed by atoms with Crippen molar-refractivity contribution in [2.45, 2.75) is 44.2 Å². The summed E-state index contributed by atoms with van der Waals surface area (Å²) < 4.78 is 0. The van der Waals surface area contributed by atoms with Crippen LogP contribution >= 0.6 is 11.3 Å². The standard InChI is InChI=1S/C14H18N4S/c1-2-12(19-5-1)14-16-13(17-18-14)8-9-6-10-3-4-11(7-9)15-10/h1-2,5,9-11,15H,3-4,6-8H2,(H,16,17,18). The van der Waals surface area contributed by atoms with Crippen LogP contribution in [0.25, 0.3) is 10.7 Å². The minimum absolute atomic E-state index is 0.753. The minimum atomic E-state index is 0.753. The molecule has 5 heteroatoms. The van der Waals surface area contributed by atoms with Gasteiger partial charge in [-0.05, 0) is 43.0 Å². The molecular formula is C14H18N4S. The fraction of sp³-hybridized carbons (Fsp3) is 0.571. The second-order valence-electron chi connectivity index (χ2n) is 5.76. The second kappa shape index (κ2) is 4.72. The third-order valence-electron chi connectivity index (χ3n) is 4.33. The number of nitrogens with one attached hydrogen (secondary N) is 2. The van der Waals surface area contributed by atoms with Crippen LogP contribution in [0.15, 0.2) is 17.5 Å². The first kappa shape index (κ1) is 11.6. The van der Waals surface area contributed by atoms with Crippen LogP contribution in [0, 0.1) is 5.92 Å². The highest BCUT2D eigenvalue weighted by atomic mass is 32.1. The molecule has 2 aliphatic heterocycles. The lowest BCUT2D eigenvalue weighted by Gasteiger charge is -2.28. The van der Waals surface area contributed by atoms with Crippen molar-refractivity contribution in [1.82, 2.24) is 20.5 Å². The Bertz CT molecular complexity index is 536. The zero-order valence-corrected chi connectivity index (χ0v) is 11.6. The summed E-state index contributed by atoms with van der Waals surface area (Å²) in [5, 5.41) is 13.2. The lowest BCUT2D eigenvalue weighted by Crippen LogP contribution is -2.38. The van der Waals surface area contributed by atoms with Crippen molar-refractivity contribution >= 4 is 11.3 Å². The Morgan fingerprint density at radius 2 is 2.11 bits per heavy atom. The van der Waals surface area contributed by atoms with E-state index in [0.717, 1.165) is 40.9 Å². The van der Waals surface area contributed by atoms with Gasteiger partial charge in [0.05, 0.1) is 4.88 Å². The molecule has 2 saturated heterocycles. The molecule has 4 rings (SSSR count). The van der Waals surface area contributed by atoms with Crippen LogP contribution in [0.3, 0.4) is 0 Å². The Hall–Kier alpha value is -1.20. The maximum Gasteiger partial charge on any atom is 0.191 e. The number of hydrogen-bond donors (Lipinski definition) is 2. The van der Waals surface area contributed by atoms with Gasteiger partial charge in [0, 0.05) is 18.5 Å². The van der Waals surface area contributed by atoms with E-state index in [0.29, 0.717) is 0 Å². The first-order chi connectivity index (χ1) is 9.37. The van der Waals surface area contributed by atoms with Crippen LogP contribution < -0.4 is 5.32 Å². The molecule has 0 radical (unpaired) electrons. The van der Waals surface area contributed by atoms with Crippen molar-refractivity contribution in [3.63, 3.8) is 0 Å². The van der Waals surface area contributed by atoms with E-state index in [4.69, 9.17) is 0 Å². The molecular weight excluding hydrogens is 256 g/mol. The van der Waals surface area contributed by atoms with Crippen molar-refractivity contribution in [2.24, 2.45) is 5.92 Å². The molecule has 0 aliphatic carbocycles. The second-order valence-corrected chi connectivity index (χ2v) is 6.71. The number of aromatic amines is 1. The van der Waals surface area contributed by atoms with Gasteiger partial charge in [-0.15, -0.1) is 11.3 Å². The molecule has 0 aromatic carbocycles. The van der Waals surface area contributed by atoms with Gasteiger partial charge in [0.15, 0.2) is 5.82 Å². The maximum absolute atomic E-state index is 4.64.